The van der Waals surface area contributed by atoms with Crippen molar-refractivity contribution in [2.24, 2.45) is 0 Å². The Balaban J connectivity index is 1.78. The zero-order chi connectivity index (χ0) is 24.0. The third kappa shape index (κ3) is 5.67. The highest BCUT2D eigenvalue weighted by atomic mass is 32.2. The first-order valence-electron chi connectivity index (χ1n) is 10.2. The molecule has 1 aromatic heterocycles. The van der Waals surface area contributed by atoms with E-state index in [1.165, 1.54) is 19.2 Å². The van der Waals surface area contributed by atoms with E-state index in [4.69, 9.17) is 14.0 Å². The van der Waals surface area contributed by atoms with Crippen LogP contribution >= 0.6 is 0 Å². The van der Waals surface area contributed by atoms with E-state index in [0.717, 1.165) is 6.07 Å². The molecule has 0 radical (unpaired) electrons. The van der Waals surface area contributed by atoms with E-state index in [9.17, 15) is 17.6 Å². The van der Waals surface area contributed by atoms with Crippen molar-refractivity contribution in [2.45, 2.75) is 26.2 Å². The number of rotatable bonds is 10. The lowest BCUT2D eigenvalue weighted by Crippen LogP contribution is -2.38. The lowest BCUT2D eigenvalue weighted by molar-refractivity contribution is -0.117. The molecule has 1 amide bonds. The summed E-state index contributed by atoms with van der Waals surface area (Å²) < 4.78 is 55.6. The highest BCUT2D eigenvalue weighted by molar-refractivity contribution is 7.93. The van der Waals surface area contributed by atoms with Crippen molar-refractivity contribution in [3.63, 3.8) is 0 Å². The number of nitrogens with zero attached hydrogens (tertiary/aromatic N) is 3. The number of aryl methyl sites for hydroxylation is 1. The Hall–Kier alpha value is -3.47. The van der Waals surface area contributed by atoms with E-state index >= 15 is 0 Å². The van der Waals surface area contributed by atoms with Crippen LogP contribution in [0.15, 0.2) is 47.0 Å². The van der Waals surface area contributed by atoms with Gasteiger partial charge in [0.15, 0.2) is 11.6 Å². The molecule has 0 saturated carbocycles. The molecular weight excluding hydrogens is 453 g/mol. The lowest BCUT2D eigenvalue weighted by atomic mass is 10.2. The first-order chi connectivity index (χ1) is 15.8. The second-order valence-electron chi connectivity index (χ2n) is 7.03. The number of methoxy groups -OCH3 is 2. The molecule has 0 aliphatic rings. The van der Waals surface area contributed by atoms with Gasteiger partial charge in [-0.3, -0.25) is 4.79 Å². The number of ether oxygens (including phenoxy) is 2. The van der Waals surface area contributed by atoms with Gasteiger partial charge in [-0.15, -0.1) is 0 Å². The summed E-state index contributed by atoms with van der Waals surface area (Å²) in [6.45, 7) is 1.67. The molecule has 176 valence electrons. The van der Waals surface area contributed by atoms with Crippen LogP contribution in [0, 0.1) is 5.82 Å². The zero-order valence-corrected chi connectivity index (χ0v) is 19.3. The van der Waals surface area contributed by atoms with E-state index in [0.29, 0.717) is 27.9 Å². The summed E-state index contributed by atoms with van der Waals surface area (Å²) in [6, 6.07) is 10.6. The first kappa shape index (κ1) is 24.2. The van der Waals surface area contributed by atoms with E-state index in [1.807, 2.05) is 0 Å². The molecule has 0 aliphatic carbocycles. The number of sulfonamides is 1. The summed E-state index contributed by atoms with van der Waals surface area (Å²) >= 11 is 0. The number of hydrogen-bond acceptors (Lipinski definition) is 8. The molecule has 0 bridgehead atoms. The largest absolute Gasteiger partial charge is 0.497 e. The van der Waals surface area contributed by atoms with E-state index in [2.05, 4.69) is 10.1 Å². The van der Waals surface area contributed by atoms with Gasteiger partial charge in [-0.05, 0) is 42.8 Å². The SMILES string of the molecule is CCCS(=O)(=O)N(C(=O)CCc1nc(-c2ccc(OC)cc2)no1)c1ccc(OC)c(F)c1. The third-order valence-corrected chi connectivity index (χ3v) is 6.60. The topological polar surface area (TPSA) is 112 Å². The van der Waals surface area contributed by atoms with Crippen molar-refractivity contribution in [1.82, 2.24) is 10.1 Å². The second-order valence-corrected chi connectivity index (χ2v) is 8.97. The van der Waals surface area contributed by atoms with Gasteiger partial charge in [0.1, 0.15) is 5.75 Å². The van der Waals surface area contributed by atoms with Gasteiger partial charge in [0.2, 0.25) is 27.6 Å². The Bertz CT molecular complexity index is 1210. The molecule has 3 aromatic rings. The number of benzene rings is 2. The minimum Gasteiger partial charge on any atom is -0.497 e. The molecule has 9 nitrogen and oxygen atoms in total. The smallest absolute Gasteiger partial charge is 0.241 e. The van der Waals surface area contributed by atoms with Gasteiger partial charge < -0.3 is 14.0 Å². The minimum absolute atomic E-state index is 0.0127. The highest BCUT2D eigenvalue weighted by Crippen LogP contribution is 2.27. The van der Waals surface area contributed by atoms with Crippen molar-refractivity contribution in [3.8, 4) is 22.9 Å². The Morgan fingerprint density at radius 2 is 1.85 bits per heavy atom. The molecule has 2 aromatic carbocycles. The van der Waals surface area contributed by atoms with Crippen LogP contribution in [0.3, 0.4) is 0 Å². The average molecular weight is 478 g/mol. The fourth-order valence-electron chi connectivity index (χ4n) is 3.12. The van der Waals surface area contributed by atoms with E-state index in [1.54, 1.807) is 38.3 Å². The molecule has 0 aliphatic heterocycles. The maximum Gasteiger partial charge on any atom is 0.241 e. The Morgan fingerprint density at radius 3 is 2.45 bits per heavy atom. The fourth-order valence-corrected chi connectivity index (χ4v) is 4.65. The van der Waals surface area contributed by atoms with Crippen LogP contribution < -0.4 is 13.8 Å². The molecule has 11 heteroatoms. The van der Waals surface area contributed by atoms with Crippen LogP contribution in [0.25, 0.3) is 11.4 Å². The predicted octanol–water partition coefficient (Wildman–Crippen LogP) is 3.60. The number of carbonyl (C=O) groups is 1. The molecule has 0 saturated heterocycles. The summed E-state index contributed by atoms with van der Waals surface area (Å²) in [5.74, 6) is -0.671. The summed E-state index contributed by atoms with van der Waals surface area (Å²) in [7, 11) is -1.16. The van der Waals surface area contributed by atoms with Crippen molar-refractivity contribution >= 4 is 21.6 Å². The first-order valence-corrected chi connectivity index (χ1v) is 11.8. The Kier molecular flexibility index (Phi) is 7.64. The number of carbonyl (C=O) groups excluding carboxylic acids is 1. The maximum atomic E-state index is 14.2. The molecular formula is C22H24FN3O6S. The van der Waals surface area contributed by atoms with Gasteiger partial charge in [0.25, 0.3) is 0 Å². The van der Waals surface area contributed by atoms with Crippen LogP contribution in [0.1, 0.15) is 25.7 Å². The van der Waals surface area contributed by atoms with Gasteiger partial charge in [-0.2, -0.15) is 4.98 Å². The van der Waals surface area contributed by atoms with Gasteiger partial charge in [0.05, 0.1) is 25.7 Å². The molecule has 0 atom stereocenters. The number of aromatic nitrogens is 2. The quantitative estimate of drug-likeness (QED) is 0.435. The lowest BCUT2D eigenvalue weighted by Gasteiger charge is -2.22. The molecule has 33 heavy (non-hydrogen) atoms. The van der Waals surface area contributed by atoms with Crippen LogP contribution in [0.2, 0.25) is 0 Å². The minimum atomic E-state index is -4.01. The molecule has 0 N–H and O–H groups in total. The van der Waals surface area contributed by atoms with Crippen molar-refractivity contribution in [2.75, 3.05) is 24.3 Å². The normalized spacial score (nSPS) is 11.3. The van der Waals surface area contributed by atoms with Crippen molar-refractivity contribution < 1.29 is 31.6 Å². The van der Waals surface area contributed by atoms with Gasteiger partial charge >= 0.3 is 0 Å². The second kappa shape index (κ2) is 10.4. The average Bonchev–Trinajstić information content (AvgIpc) is 3.27. The van der Waals surface area contributed by atoms with Crippen molar-refractivity contribution in [3.05, 3.63) is 54.2 Å². The Morgan fingerprint density at radius 1 is 1.12 bits per heavy atom. The van der Waals surface area contributed by atoms with E-state index < -0.39 is 21.7 Å². The standard InChI is InChI=1S/C22H24FN3O6S/c1-4-13-33(28,29)26(16-7-10-19(31-3)18(23)14-16)21(27)12-11-20-24-22(25-32-20)15-5-8-17(30-2)9-6-15/h5-10,14H,4,11-13H2,1-3H3. The fraction of sp³-hybridized carbons (Fsp3) is 0.318. The van der Waals surface area contributed by atoms with Gasteiger partial charge in [-0.1, -0.05) is 12.1 Å². The van der Waals surface area contributed by atoms with Crippen LogP contribution in [-0.2, 0) is 21.2 Å². The summed E-state index contributed by atoms with van der Waals surface area (Å²) in [6.07, 6.45) is 0.0687. The number of hydrogen-bond donors (Lipinski definition) is 0. The number of anilines is 1. The molecule has 3 rings (SSSR count). The van der Waals surface area contributed by atoms with Crippen LogP contribution in [-0.4, -0.2) is 44.4 Å². The van der Waals surface area contributed by atoms with E-state index in [-0.39, 0.29) is 35.9 Å². The zero-order valence-electron chi connectivity index (χ0n) is 18.4. The monoisotopic (exact) mass is 477 g/mol. The third-order valence-electron chi connectivity index (χ3n) is 4.71. The molecule has 1 heterocycles. The van der Waals surface area contributed by atoms with Crippen LogP contribution in [0.4, 0.5) is 10.1 Å². The van der Waals surface area contributed by atoms with Gasteiger partial charge in [0, 0.05) is 24.5 Å². The Labute approximate surface area is 191 Å². The molecule has 0 fully saturated rings. The summed E-state index contributed by atoms with van der Waals surface area (Å²) in [5.41, 5.74) is 0.592. The highest BCUT2D eigenvalue weighted by Gasteiger charge is 2.29. The van der Waals surface area contributed by atoms with Crippen molar-refractivity contribution in [1.29, 1.82) is 0 Å². The maximum absolute atomic E-state index is 14.2. The molecule has 0 unspecified atom stereocenters. The summed E-state index contributed by atoms with van der Waals surface area (Å²) in [4.78, 5) is 17.2. The summed E-state index contributed by atoms with van der Waals surface area (Å²) in [5, 5.41) is 3.90. The number of amides is 1. The van der Waals surface area contributed by atoms with Gasteiger partial charge in [-0.25, -0.2) is 17.1 Å². The number of halogens is 1. The van der Waals surface area contributed by atoms with Crippen LogP contribution in [0.5, 0.6) is 11.5 Å². The predicted molar refractivity (Wildman–Crippen MR) is 119 cm³/mol. The molecule has 0 spiro atoms.